The van der Waals surface area contributed by atoms with Crippen molar-refractivity contribution in [3.8, 4) is 5.75 Å². The Morgan fingerprint density at radius 3 is 2.50 bits per heavy atom. The Morgan fingerprint density at radius 1 is 1.29 bits per heavy atom. The molecule has 14 heavy (non-hydrogen) atoms. The fourth-order valence-corrected chi connectivity index (χ4v) is 1.46. The van der Waals surface area contributed by atoms with Crippen LogP contribution in [0.5, 0.6) is 5.75 Å². The van der Waals surface area contributed by atoms with E-state index in [0.717, 1.165) is 5.75 Å². The van der Waals surface area contributed by atoms with Crippen LogP contribution in [0.25, 0.3) is 0 Å². The molecule has 0 fully saturated rings. The standard InChI is InChI=1S/C11H15O2S/c1-14(2)11(12)8-9-13-10-6-4-3-5-7-10/h3-7H,8-9H2,1-2H3/q+1. The van der Waals surface area contributed by atoms with Gasteiger partial charge in [0.1, 0.15) is 18.3 Å². The van der Waals surface area contributed by atoms with E-state index in [4.69, 9.17) is 4.74 Å². The van der Waals surface area contributed by atoms with Crippen molar-refractivity contribution in [2.75, 3.05) is 19.1 Å². The largest absolute Gasteiger partial charge is 0.493 e. The molecule has 0 saturated heterocycles. The summed E-state index contributed by atoms with van der Waals surface area (Å²) in [6.07, 6.45) is 4.38. The lowest BCUT2D eigenvalue weighted by molar-refractivity contribution is -0.111. The van der Waals surface area contributed by atoms with Crippen LogP contribution in [0, 0.1) is 0 Å². The first-order chi connectivity index (χ1) is 6.70. The second-order valence-corrected chi connectivity index (χ2v) is 5.19. The smallest absolute Gasteiger partial charge is 0.333 e. The summed E-state index contributed by atoms with van der Waals surface area (Å²) in [5.74, 6) is 0.826. The van der Waals surface area contributed by atoms with Crippen molar-refractivity contribution in [2.24, 2.45) is 0 Å². The van der Waals surface area contributed by atoms with Crippen molar-refractivity contribution in [2.45, 2.75) is 6.42 Å². The first-order valence-corrected chi connectivity index (χ1v) is 6.52. The monoisotopic (exact) mass is 211 g/mol. The van der Waals surface area contributed by atoms with E-state index in [1.54, 1.807) is 0 Å². The maximum absolute atomic E-state index is 11.3. The maximum Gasteiger partial charge on any atom is 0.333 e. The molecular weight excluding hydrogens is 196 g/mol. The zero-order valence-corrected chi connectivity index (χ0v) is 9.34. The Bertz CT molecular complexity index is 283. The van der Waals surface area contributed by atoms with Crippen LogP contribution in [-0.4, -0.2) is 24.2 Å². The highest BCUT2D eigenvalue weighted by Gasteiger charge is 2.16. The molecule has 0 N–H and O–H groups in total. The molecule has 0 spiro atoms. The Balaban J connectivity index is 2.26. The SMILES string of the molecule is C[S+](C)C(=O)CCOc1ccccc1. The summed E-state index contributed by atoms with van der Waals surface area (Å²) in [5.41, 5.74) is 0. The molecule has 0 amide bonds. The van der Waals surface area contributed by atoms with E-state index in [2.05, 4.69) is 0 Å². The molecule has 0 saturated carbocycles. The van der Waals surface area contributed by atoms with Crippen LogP contribution in [0.3, 0.4) is 0 Å². The first kappa shape index (κ1) is 11.1. The van der Waals surface area contributed by atoms with E-state index in [1.807, 2.05) is 42.8 Å². The molecular formula is C11H15O2S+. The second-order valence-electron chi connectivity index (χ2n) is 3.10. The van der Waals surface area contributed by atoms with Gasteiger partial charge in [0, 0.05) is 0 Å². The van der Waals surface area contributed by atoms with E-state index >= 15 is 0 Å². The van der Waals surface area contributed by atoms with Gasteiger partial charge in [-0.25, -0.2) is 4.79 Å². The number of ether oxygens (including phenoxy) is 1. The van der Waals surface area contributed by atoms with Crippen molar-refractivity contribution in [3.05, 3.63) is 30.3 Å². The summed E-state index contributed by atoms with van der Waals surface area (Å²) in [6, 6.07) is 9.56. The Labute approximate surface area is 87.6 Å². The molecule has 0 aliphatic heterocycles. The summed E-state index contributed by atoms with van der Waals surface area (Å²) in [4.78, 5) is 11.3. The van der Waals surface area contributed by atoms with Gasteiger partial charge in [-0.3, -0.25) is 0 Å². The summed E-state index contributed by atoms with van der Waals surface area (Å²) in [7, 11) is -0.137. The zero-order valence-electron chi connectivity index (χ0n) is 8.53. The average Bonchev–Trinajstić information content (AvgIpc) is 2.19. The van der Waals surface area contributed by atoms with Gasteiger partial charge in [-0.05, 0) is 12.1 Å². The lowest BCUT2D eigenvalue weighted by Gasteiger charge is -2.03. The third-order valence-corrected chi connectivity index (χ3v) is 2.89. The molecule has 1 aromatic rings. The molecule has 76 valence electrons. The Hall–Kier alpha value is -0.960. The fourth-order valence-electron chi connectivity index (χ4n) is 0.973. The van der Waals surface area contributed by atoms with Gasteiger partial charge in [0.2, 0.25) is 0 Å². The van der Waals surface area contributed by atoms with Crippen molar-refractivity contribution >= 4 is 16.0 Å². The predicted octanol–water partition coefficient (Wildman–Crippen LogP) is 1.86. The number of carbonyl (C=O) groups is 1. The van der Waals surface area contributed by atoms with Crippen molar-refractivity contribution in [1.29, 1.82) is 0 Å². The van der Waals surface area contributed by atoms with Gasteiger partial charge in [-0.1, -0.05) is 18.2 Å². The molecule has 0 aromatic heterocycles. The molecule has 0 aliphatic rings. The van der Waals surface area contributed by atoms with Crippen molar-refractivity contribution in [1.82, 2.24) is 0 Å². The molecule has 2 nitrogen and oxygen atoms in total. The van der Waals surface area contributed by atoms with E-state index in [1.165, 1.54) is 0 Å². The first-order valence-electron chi connectivity index (χ1n) is 4.48. The summed E-state index contributed by atoms with van der Waals surface area (Å²) >= 11 is 0. The molecule has 0 bridgehead atoms. The van der Waals surface area contributed by atoms with Gasteiger partial charge in [0.25, 0.3) is 0 Å². The van der Waals surface area contributed by atoms with E-state index in [0.29, 0.717) is 13.0 Å². The minimum atomic E-state index is -0.137. The second kappa shape index (κ2) is 5.70. The zero-order chi connectivity index (χ0) is 10.4. The number of carbonyl (C=O) groups excluding carboxylic acids is 1. The van der Waals surface area contributed by atoms with Crippen LogP contribution in [-0.2, 0) is 15.7 Å². The number of hydrogen-bond acceptors (Lipinski definition) is 2. The van der Waals surface area contributed by atoms with Crippen LogP contribution in [0.15, 0.2) is 30.3 Å². The molecule has 0 radical (unpaired) electrons. The van der Waals surface area contributed by atoms with E-state index < -0.39 is 0 Å². The minimum Gasteiger partial charge on any atom is -0.493 e. The quantitative estimate of drug-likeness (QED) is 0.711. The van der Waals surface area contributed by atoms with Crippen LogP contribution in [0.2, 0.25) is 0 Å². The third kappa shape index (κ3) is 3.83. The van der Waals surface area contributed by atoms with Crippen molar-refractivity contribution < 1.29 is 9.53 Å². The maximum atomic E-state index is 11.3. The van der Waals surface area contributed by atoms with E-state index in [9.17, 15) is 4.79 Å². The fraction of sp³-hybridized carbons (Fsp3) is 0.364. The highest BCUT2D eigenvalue weighted by atomic mass is 32.2. The summed E-state index contributed by atoms with van der Waals surface area (Å²) < 4.78 is 5.41. The van der Waals surface area contributed by atoms with Gasteiger partial charge < -0.3 is 4.74 Å². The minimum absolute atomic E-state index is 0.137. The molecule has 0 unspecified atom stereocenters. The molecule has 1 aromatic carbocycles. The highest BCUT2D eigenvalue weighted by molar-refractivity contribution is 8.09. The molecule has 0 aliphatic carbocycles. The van der Waals surface area contributed by atoms with Crippen LogP contribution < -0.4 is 4.74 Å². The number of para-hydroxylation sites is 1. The number of hydrogen-bond donors (Lipinski definition) is 0. The van der Waals surface area contributed by atoms with Gasteiger partial charge in [-0.15, -0.1) is 0 Å². The van der Waals surface area contributed by atoms with Crippen molar-refractivity contribution in [3.63, 3.8) is 0 Å². The molecule has 3 heteroatoms. The van der Waals surface area contributed by atoms with E-state index in [-0.39, 0.29) is 16.0 Å². The number of rotatable bonds is 4. The Kier molecular flexibility index (Phi) is 4.53. The number of benzene rings is 1. The van der Waals surface area contributed by atoms with Crippen LogP contribution >= 0.6 is 0 Å². The van der Waals surface area contributed by atoms with Crippen LogP contribution in [0.1, 0.15) is 6.42 Å². The van der Waals surface area contributed by atoms with Gasteiger partial charge >= 0.3 is 5.12 Å². The lowest BCUT2D eigenvalue weighted by atomic mass is 10.3. The van der Waals surface area contributed by atoms with Crippen LogP contribution in [0.4, 0.5) is 0 Å². The topological polar surface area (TPSA) is 26.3 Å². The van der Waals surface area contributed by atoms with Gasteiger partial charge in [-0.2, -0.15) is 0 Å². The lowest BCUT2D eigenvalue weighted by Crippen LogP contribution is -2.14. The Morgan fingerprint density at radius 2 is 1.93 bits per heavy atom. The highest BCUT2D eigenvalue weighted by Crippen LogP contribution is 2.08. The summed E-state index contributed by atoms with van der Waals surface area (Å²) in [5, 5.41) is 0.279. The normalized spacial score (nSPS) is 10.2. The summed E-state index contributed by atoms with van der Waals surface area (Å²) in [6.45, 7) is 0.480. The molecule has 0 heterocycles. The third-order valence-electron chi connectivity index (χ3n) is 1.77. The molecule has 1 rings (SSSR count). The molecule has 0 atom stereocenters. The van der Waals surface area contributed by atoms with Gasteiger partial charge in [0.15, 0.2) is 0 Å². The predicted molar refractivity (Wildman–Crippen MR) is 60.8 cm³/mol. The average molecular weight is 211 g/mol. The van der Waals surface area contributed by atoms with Gasteiger partial charge in [0.05, 0.1) is 23.9 Å².